The Morgan fingerprint density at radius 2 is 1.92 bits per heavy atom. The number of halogens is 3. The molecule has 2 aliphatic heterocycles. The molecule has 0 saturated heterocycles. The van der Waals surface area contributed by atoms with Gasteiger partial charge in [0, 0.05) is 25.8 Å². The van der Waals surface area contributed by atoms with Gasteiger partial charge in [0.15, 0.2) is 11.5 Å². The normalized spacial score (nSPS) is 17.2. The second-order valence-corrected chi connectivity index (χ2v) is 6.10. The van der Waals surface area contributed by atoms with E-state index in [0.717, 1.165) is 23.4 Å². The molecule has 3 heterocycles. The highest BCUT2D eigenvalue weighted by Gasteiger charge is 2.35. The smallest absolute Gasteiger partial charge is 0.451 e. The number of nitrogens with zero attached hydrogens (tertiary/aromatic N) is 3. The Balaban J connectivity index is 1.50. The topological polar surface area (TPSA) is 47.5 Å². The molecule has 0 aliphatic carbocycles. The molecule has 2 aromatic rings. The summed E-state index contributed by atoms with van der Waals surface area (Å²) >= 11 is 0. The summed E-state index contributed by atoms with van der Waals surface area (Å²) < 4.78 is 49.5. The Morgan fingerprint density at radius 3 is 2.72 bits per heavy atom. The summed E-state index contributed by atoms with van der Waals surface area (Å²) in [7, 11) is 0. The van der Waals surface area contributed by atoms with Crippen molar-refractivity contribution in [2.24, 2.45) is 0 Å². The van der Waals surface area contributed by atoms with Crippen LogP contribution >= 0.6 is 0 Å². The van der Waals surface area contributed by atoms with Crippen molar-refractivity contribution in [2.75, 3.05) is 19.8 Å². The Hall–Kier alpha value is -2.35. The zero-order chi connectivity index (χ0) is 17.4. The number of rotatable bonds is 2. The van der Waals surface area contributed by atoms with Crippen LogP contribution < -0.4 is 9.47 Å². The molecule has 8 heteroatoms. The lowest BCUT2D eigenvalue weighted by atomic mass is 10.1. The van der Waals surface area contributed by atoms with Gasteiger partial charge in [-0.2, -0.15) is 13.2 Å². The van der Waals surface area contributed by atoms with Crippen molar-refractivity contribution < 1.29 is 22.6 Å². The molecule has 2 aliphatic rings. The molecule has 0 saturated carbocycles. The first kappa shape index (κ1) is 16.1. The highest BCUT2D eigenvalue weighted by atomic mass is 19.4. The number of hydrogen-bond donors (Lipinski definition) is 0. The maximum Gasteiger partial charge on any atom is 0.451 e. The van der Waals surface area contributed by atoms with Gasteiger partial charge < -0.3 is 9.47 Å². The monoisotopic (exact) mass is 351 g/mol. The third kappa shape index (κ3) is 3.39. The summed E-state index contributed by atoms with van der Waals surface area (Å²) in [5.41, 5.74) is 2.26. The van der Waals surface area contributed by atoms with Crippen LogP contribution in [0.15, 0.2) is 24.4 Å². The predicted molar refractivity (Wildman–Crippen MR) is 82.3 cm³/mol. The number of ether oxygens (including phenoxy) is 2. The minimum atomic E-state index is -4.52. The van der Waals surface area contributed by atoms with E-state index in [4.69, 9.17) is 9.47 Å². The van der Waals surface area contributed by atoms with Crippen molar-refractivity contribution in [2.45, 2.75) is 25.7 Å². The molecule has 0 atom stereocenters. The fourth-order valence-corrected chi connectivity index (χ4v) is 3.07. The molecule has 0 fully saturated rings. The van der Waals surface area contributed by atoms with E-state index in [-0.39, 0.29) is 0 Å². The molecule has 4 rings (SSSR count). The maximum atomic E-state index is 12.8. The second-order valence-electron chi connectivity index (χ2n) is 6.10. The number of benzene rings is 1. The third-order valence-electron chi connectivity index (χ3n) is 4.29. The first-order valence-electron chi connectivity index (χ1n) is 8.02. The van der Waals surface area contributed by atoms with Gasteiger partial charge in [-0.05, 0) is 29.7 Å². The average molecular weight is 351 g/mol. The van der Waals surface area contributed by atoms with Gasteiger partial charge in [-0.25, -0.2) is 9.97 Å². The van der Waals surface area contributed by atoms with E-state index in [0.29, 0.717) is 44.2 Å². The van der Waals surface area contributed by atoms with Gasteiger partial charge in [0.25, 0.3) is 0 Å². The third-order valence-corrected chi connectivity index (χ3v) is 4.29. The lowest BCUT2D eigenvalue weighted by molar-refractivity contribution is -0.145. The van der Waals surface area contributed by atoms with Gasteiger partial charge in [-0.3, -0.25) is 4.90 Å². The van der Waals surface area contributed by atoms with E-state index in [2.05, 4.69) is 14.9 Å². The quantitative estimate of drug-likeness (QED) is 0.833. The van der Waals surface area contributed by atoms with Gasteiger partial charge in [-0.15, -0.1) is 0 Å². The molecule has 0 amide bonds. The van der Waals surface area contributed by atoms with E-state index < -0.39 is 12.0 Å². The number of alkyl halides is 3. The maximum absolute atomic E-state index is 12.8. The van der Waals surface area contributed by atoms with E-state index in [1.165, 1.54) is 6.20 Å². The van der Waals surface area contributed by atoms with Crippen LogP contribution in [0.4, 0.5) is 13.2 Å². The molecule has 5 nitrogen and oxygen atoms in total. The molecule has 0 bridgehead atoms. The first-order chi connectivity index (χ1) is 12.0. The van der Waals surface area contributed by atoms with Crippen LogP contribution in [0.3, 0.4) is 0 Å². The second kappa shape index (κ2) is 6.18. The molecule has 132 valence electrons. The lowest BCUT2D eigenvalue weighted by Gasteiger charge is -2.28. The molecule has 25 heavy (non-hydrogen) atoms. The Morgan fingerprint density at radius 1 is 1.12 bits per heavy atom. The van der Waals surface area contributed by atoms with Crippen LogP contribution in [-0.4, -0.2) is 34.6 Å². The summed E-state index contributed by atoms with van der Waals surface area (Å²) in [4.78, 5) is 9.23. The van der Waals surface area contributed by atoms with E-state index in [9.17, 15) is 13.2 Å². The van der Waals surface area contributed by atoms with Gasteiger partial charge >= 0.3 is 6.18 Å². The van der Waals surface area contributed by atoms with Gasteiger partial charge in [0.05, 0.1) is 5.69 Å². The summed E-state index contributed by atoms with van der Waals surface area (Å²) in [5, 5.41) is 0. The van der Waals surface area contributed by atoms with Crippen molar-refractivity contribution in [3.63, 3.8) is 0 Å². The van der Waals surface area contributed by atoms with Crippen molar-refractivity contribution in [1.29, 1.82) is 0 Å². The van der Waals surface area contributed by atoms with Gasteiger partial charge in [-0.1, -0.05) is 6.07 Å². The summed E-state index contributed by atoms with van der Waals surface area (Å²) in [6.45, 7) is 2.79. The largest absolute Gasteiger partial charge is 0.486 e. The summed E-state index contributed by atoms with van der Waals surface area (Å²) in [5.74, 6) is 0.358. The fourth-order valence-electron chi connectivity index (χ4n) is 3.07. The minimum absolute atomic E-state index is 0.370. The molecule has 0 unspecified atom stereocenters. The van der Waals surface area contributed by atoms with Gasteiger partial charge in [0.1, 0.15) is 13.2 Å². The number of aromatic nitrogens is 2. The van der Waals surface area contributed by atoms with Crippen molar-refractivity contribution >= 4 is 0 Å². The molecule has 0 spiro atoms. The Bertz CT molecular complexity index is 795. The Labute approximate surface area is 142 Å². The molecule has 1 aromatic heterocycles. The van der Waals surface area contributed by atoms with E-state index >= 15 is 0 Å². The SMILES string of the molecule is FC(F)(F)c1ncc2c(n1)CN(Cc1ccc3c(c1)OCCO3)CC2. The van der Waals surface area contributed by atoms with Crippen LogP contribution in [0.1, 0.15) is 22.6 Å². The summed E-state index contributed by atoms with van der Waals surface area (Å²) in [6, 6.07) is 5.74. The predicted octanol–water partition coefficient (Wildman–Crippen LogP) is 2.82. The van der Waals surface area contributed by atoms with Gasteiger partial charge in [0.2, 0.25) is 5.82 Å². The van der Waals surface area contributed by atoms with Crippen LogP contribution in [0.5, 0.6) is 11.5 Å². The highest BCUT2D eigenvalue weighted by molar-refractivity contribution is 5.43. The van der Waals surface area contributed by atoms with E-state index in [1.54, 1.807) is 0 Å². The van der Waals surface area contributed by atoms with Crippen LogP contribution in [0, 0.1) is 0 Å². The summed E-state index contributed by atoms with van der Waals surface area (Å²) in [6.07, 6.45) is -2.59. The standard InChI is InChI=1S/C17H16F3N3O2/c18-17(19,20)16-21-8-12-3-4-23(10-13(12)22-16)9-11-1-2-14-15(7-11)25-6-5-24-14/h1-2,7-8H,3-6,9-10H2. The van der Waals surface area contributed by atoms with Crippen molar-refractivity contribution in [3.05, 3.63) is 47.0 Å². The highest BCUT2D eigenvalue weighted by Crippen LogP contribution is 2.32. The average Bonchev–Trinajstić information content (AvgIpc) is 2.60. The van der Waals surface area contributed by atoms with Crippen molar-refractivity contribution in [1.82, 2.24) is 14.9 Å². The molecular weight excluding hydrogens is 335 g/mol. The molecule has 0 radical (unpaired) electrons. The fraction of sp³-hybridized carbons (Fsp3) is 0.412. The van der Waals surface area contributed by atoms with Crippen LogP contribution in [0.2, 0.25) is 0 Å². The van der Waals surface area contributed by atoms with Crippen LogP contribution in [0.25, 0.3) is 0 Å². The Kier molecular flexibility index (Phi) is 3.99. The molecule has 1 aromatic carbocycles. The zero-order valence-electron chi connectivity index (χ0n) is 13.3. The lowest BCUT2D eigenvalue weighted by Crippen LogP contribution is -2.31. The van der Waals surface area contributed by atoms with Crippen molar-refractivity contribution in [3.8, 4) is 11.5 Å². The molecular formula is C17H16F3N3O2. The van der Waals surface area contributed by atoms with E-state index in [1.807, 2.05) is 18.2 Å². The first-order valence-corrected chi connectivity index (χ1v) is 8.02. The minimum Gasteiger partial charge on any atom is -0.486 e. The number of hydrogen-bond acceptors (Lipinski definition) is 5. The zero-order valence-corrected chi connectivity index (χ0v) is 13.3. The molecule has 0 N–H and O–H groups in total. The van der Waals surface area contributed by atoms with Crippen LogP contribution in [-0.2, 0) is 25.7 Å². The number of fused-ring (bicyclic) bond motifs is 2.